The number of anilines is 1. The van der Waals surface area contributed by atoms with Crippen LogP contribution in [0.25, 0.3) is 10.2 Å². The molecule has 9 heteroatoms. The average Bonchev–Trinajstić information content (AvgIpc) is 3.18. The number of halogens is 2. The minimum absolute atomic E-state index is 0.140. The van der Waals surface area contributed by atoms with Gasteiger partial charge in [-0.1, -0.05) is 40.6 Å². The Balaban J connectivity index is 1.55. The number of carbonyl (C=O) groups excluding carboxylic acids is 1. The quantitative estimate of drug-likeness (QED) is 0.465. The molecule has 170 valence electrons. The number of fused-ring (bicyclic) bond motifs is 1. The van der Waals surface area contributed by atoms with Crippen molar-refractivity contribution in [3.05, 3.63) is 51.5 Å². The maximum Gasteiger partial charge on any atom is 0.266 e. The van der Waals surface area contributed by atoms with Crippen molar-refractivity contribution in [2.45, 2.75) is 13.8 Å². The zero-order chi connectivity index (χ0) is 22.7. The first-order valence-corrected chi connectivity index (χ1v) is 12.0. The highest BCUT2D eigenvalue weighted by atomic mass is 35.5. The lowest BCUT2D eigenvalue weighted by molar-refractivity contribution is -0.120. The monoisotopic (exact) mass is 493 g/mol. The molecular formula is C23H25Cl2N3O3S. The molecule has 0 unspecified atom stereocenters. The Morgan fingerprint density at radius 3 is 2.75 bits per heavy atom. The van der Waals surface area contributed by atoms with Crippen molar-refractivity contribution in [3.63, 3.8) is 0 Å². The standard InChI is InChI=1S/C23H25Cl2N3O3S/c1-15-11-16(2)22-19(12-15)26-23(32-22)28(6-5-27-7-9-30-10-8-27)21(29)14-31-20-4-3-17(24)13-18(20)25/h3-4,11-13H,5-10,14H2,1-2H3. The van der Waals surface area contributed by atoms with E-state index in [2.05, 4.69) is 30.9 Å². The smallest absolute Gasteiger partial charge is 0.266 e. The SMILES string of the molecule is Cc1cc(C)c2sc(N(CCN3CCOCC3)C(=O)COc3ccc(Cl)cc3Cl)nc2c1. The molecule has 4 rings (SSSR count). The number of aryl methyl sites for hydroxylation is 2. The molecule has 0 atom stereocenters. The molecule has 1 aliphatic rings. The topological polar surface area (TPSA) is 54.9 Å². The first kappa shape index (κ1) is 23.3. The Hall–Kier alpha value is -1.90. The van der Waals surface area contributed by atoms with Gasteiger partial charge in [0.1, 0.15) is 5.75 Å². The lowest BCUT2D eigenvalue weighted by atomic mass is 10.1. The van der Waals surface area contributed by atoms with Crippen molar-refractivity contribution in [2.24, 2.45) is 0 Å². The summed E-state index contributed by atoms with van der Waals surface area (Å²) in [7, 11) is 0. The van der Waals surface area contributed by atoms with Crippen molar-refractivity contribution in [1.29, 1.82) is 0 Å². The summed E-state index contributed by atoms with van der Waals surface area (Å²) in [6.07, 6.45) is 0. The molecule has 0 radical (unpaired) electrons. The second kappa shape index (κ2) is 10.4. The van der Waals surface area contributed by atoms with Gasteiger partial charge in [-0.3, -0.25) is 14.6 Å². The summed E-state index contributed by atoms with van der Waals surface area (Å²) in [4.78, 5) is 22.1. The fourth-order valence-electron chi connectivity index (χ4n) is 3.68. The molecule has 1 aliphatic heterocycles. The second-order valence-corrected chi connectivity index (χ2v) is 9.61. The number of benzene rings is 2. The predicted octanol–water partition coefficient (Wildman–Crippen LogP) is 4.96. The third kappa shape index (κ3) is 5.53. The molecule has 0 spiro atoms. The van der Waals surface area contributed by atoms with E-state index in [0.717, 1.165) is 41.0 Å². The lowest BCUT2D eigenvalue weighted by Gasteiger charge is -2.29. The molecule has 3 aromatic rings. The number of morpholine rings is 1. The molecule has 1 aromatic heterocycles. The molecule has 1 amide bonds. The summed E-state index contributed by atoms with van der Waals surface area (Å²) in [5, 5.41) is 1.56. The molecule has 2 aromatic carbocycles. The molecule has 1 saturated heterocycles. The zero-order valence-electron chi connectivity index (χ0n) is 18.1. The van der Waals surface area contributed by atoms with Crippen molar-refractivity contribution >= 4 is 55.8 Å². The van der Waals surface area contributed by atoms with E-state index in [-0.39, 0.29) is 12.5 Å². The van der Waals surface area contributed by atoms with Crippen LogP contribution in [0.15, 0.2) is 30.3 Å². The fraction of sp³-hybridized carbons (Fsp3) is 0.391. The summed E-state index contributed by atoms with van der Waals surface area (Å²) in [6.45, 7) is 8.39. The zero-order valence-corrected chi connectivity index (χ0v) is 20.4. The van der Waals surface area contributed by atoms with Crippen LogP contribution in [0.4, 0.5) is 5.13 Å². The van der Waals surface area contributed by atoms with Crippen molar-refractivity contribution in [1.82, 2.24) is 9.88 Å². The molecule has 32 heavy (non-hydrogen) atoms. The Labute approximate surface area is 201 Å². The number of thiazole rings is 1. The van der Waals surface area contributed by atoms with Gasteiger partial charge < -0.3 is 9.47 Å². The van der Waals surface area contributed by atoms with Crippen LogP contribution in [0.2, 0.25) is 10.0 Å². The van der Waals surface area contributed by atoms with Crippen LogP contribution in [0, 0.1) is 13.8 Å². The second-order valence-electron chi connectivity index (χ2n) is 7.79. The number of rotatable bonds is 7. The van der Waals surface area contributed by atoms with Gasteiger partial charge in [-0.15, -0.1) is 0 Å². The van der Waals surface area contributed by atoms with E-state index in [1.807, 2.05) is 0 Å². The Morgan fingerprint density at radius 1 is 1.22 bits per heavy atom. The highest BCUT2D eigenvalue weighted by Crippen LogP contribution is 2.32. The van der Waals surface area contributed by atoms with Gasteiger partial charge in [-0.05, 0) is 49.2 Å². The summed E-state index contributed by atoms with van der Waals surface area (Å²) < 4.78 is 12.3. The molecule has 0 N–H and O–H groups in total. The predicted molar refractivity (Wildman–Crippen MR) is 131 cm³/mol. The van der Waals surface area contributed by atoms with E-state index in [1.54, 1.807) is 23.1 Å². The highest BCUT2D eigenvalue weighted by Gasteiger charge is 2.23. The number of nitrogens with zero attached hydrogens (tertiary/aromatic N) is 3. The van der Waals surface area contributed by atoms with Crippen LogP contribution in [-0.4, -0.2) is 61.8 Å². The van der Waals surface area contributed by atoms with E-state index in [1.165, 1.54) is 11.3 Å². The number of amides is 1. The van der Waals surface area contributed by atoms with Crippen LogP contribution in [0.3, 0.4) is 0 Å². The molecule has 1 fully saturated rings. The molecule has 0 bridgehead atoms. The van der Waals surface area contributed by atoms with Crippen LogP contribution < -0.4 is 9.64 Å². The third-order valence-corrected chi connectivity index (χ3v) is 7.09. The Bertz CT molecular complexity index is 1120. The summed E-state index contributed by atoms with van der Waals surface area (Å²) in [6, 6.07) is 9.13. The van der Waals surface area contributed by atoms with Crippen LogP contribution in [-0.2, 0) is 9.53 Å². The largest absolute Gasteiger partial charge is 0.482 e. The fourth-order valence-corrected chi connectivity index (χ4v) is 5.21. The van der Waals surface area contributed by atoms with Gasteiger partial charge in [0.05, 0.1) is 28.5 Å². The number of hydrogen-bond acceptors (Lipinski definition) is 6. The van der Waals surface area contributed by atoms with Gasteiger partial charge in [0.15, 0.2) is 11.7 Å². The van der Waals surface area contributed by atoms with Crippen molar-refractivity contribution < 1.29 is 14.3 Å². The Kier molecular flexibility index (Phi) is 7.53. The molecular weight excluding hydrogens is 469 g/mol. The van der Waals surface area contributed by atoms with Crippen LogP contribution in [0.5, 0.6) is 5.75 Å². The molecule has 0 aliphatic carbocycles. The molecule has 0 saturated carbocycles. The molecule has 2 heterocycles. The van der Waals surface area contributed by atoms with Gasteiger partial charge >= 0.3 is 0 Å². The summed E-state index contributed by atoms with van der Waals surface area (Å²) in [5.41, 5.74) is 3.22. The van der Waals surface area contributed by atoms with Crippen molar-refractivity contribution in [2.75, 3.05) is 50.9 Å². The van der Waals surface area contributed by atoms with E-state index in [0.29, 0.717) is 40.7 Å². The number of hydrogen-bond donors (Lipinski definition) is 0. The summed E-state index contributed by atoms with van der Waals surface area (Å²) >= 11 is 13.7. The van der Waals surface area contributed by atoms with E-state index in [4.69, 9.17) is 37.7 Å². The number of ether oxygens (including phenoxy) is 2. The number of aromatic nitrogens is 1. The van der Waals surface area contributed by atoms with Gasteiger partial charge in [0.2, 0.25) is 0 Å². The number of carbonyl (C=O) groups is 1. The summed E-state index contributed by atoms with van der Waals surface area (Å²) in [5.74, 6) is 0.256. The van der Waals surface area contributed by atoms with E-state index in [9.17, 15) is 4.79 Å². The van der Waals surface area contributed by atoms with E-state index >= 15 is 0 Å². The first-order valence-electron chi connectivity index (χ1n) is 10.5. The normalized spacial score (nSPS) is 14.6. The molecule has 6 nitrogen and oxygen atoms in total. The lowest BCUT2D eigenvalue weighted by Crippen LogP contribution is -2.44. The van der Waals surface area contributed by atoms with Crippen LogP contribution in [0.1, 0.15) is 11.1 Å². The van der Waals surface area contributed by atoms with Crippen molar-refractivity contribution in [3.8, 4) is 5.75 Å². The third-order valence-electron chi connectivity index (χ3n) is 5.33. The maximum atomic E-state index is 13.3. The highest BCUT2D eigenvalue weighted by molar-refractivity contribution is 7.22. The Morgan fingerprint density at radius 2 is 2.00 bits per heavy atom. The van der Waals surface area contributed by atoms with Crippen LogP contribution >= 0.6 is 34.5 Å². The van der Waals surface area contributed by atoms with E-state index < -0.39 is 0 Å². The minimum Gasteiger partial charge on any atom is -0.482 e. The van der Waals surface area contributed by atoms with Gasteiger partial charge in [0, 0.05) is 31.2 Å². The van der Waals surface area contributed by atoms with Gasteiger partial charge in [0.25, 0.3) is 5.91 Å². The van der Waals surface area contributed by atoms with Gasteiger partial charge in [-0.25, -0.2) is 4.98 Å². The first-order chi connectivity index (χ1) is 15.4. The van der Waals surface area contributed by atoms with Gasteiger partial charge in [-0.2, -0.15) is 0 Å². The maximum absolute atomic E-state index is 13.3. The average molecular weight is 494 g/mol. The minimum atomic E-state index is -0.169.